The summed E-state index contributed by atoms with van der Waals surface area (Å²) in [6.07, 6.45) is 5.99. The number of likely N-dealkylation sites (tertiary alicyclic amines) is 1. The van der Waals surface area contributed by atoms with Crippen molar-refractivity contribution in [3.05, 3.63) is 23.8 Å². The van der Waals surface area contributed by atoms with Crippen LogP contribution in [0.4, 0.5) is 0 Å². The Kier molecular flexibility index (Phi) is 4.59. The number of hydrogen-bond donors (Lipinski definition) is 1. The van der Waals surface area contributed by atoms with Gasteiger partial charge in [0.05, 0.1) is 7.11 Å². The van der Waals surface area contributed by atoms with Crippen molar-refractivity contribution in [2.24, 2.45) is 5.73 Å². The normalized spacial score (nSPS) is 22.1. The number of piperidine rings is 1. The van der Waals surface area contributed by atoms with E-state index < -0.39 is 0 Å². The van der Waals surface area contributed by atoms with Crippen LogP contribution in [0.1, 0.15) is 37.7 Å². The highest BCUT2D eigenvalue weighted by atomic mass is 16.5. The van der Waals surface area contributed by atoms with Gasteiger partial charge >= 0.3 is 0 Å². The Bertz CT molecular complexity index is 500. The first kappa shape index (κ1) is 15.6. The van der Waals surface area contributed by atoms with Crippen molar-refractivity contribution in [1.29, 1.82) is 0 Å². The molecule has 1 aliphatic carbocycles. The molecule has 0 amide bonds. The van der Waals surface area contributed by atoms with E-state index in [2.05, 4.69) is 24.1 Å². The number of para-hydroxylation sites is 1. The van der Waals surface area contributed by atoms with Gasteiger partial charge in [-0.2, -0.15) is 0 Å². The Morgan fingerprint density at radius 2 is 2.00 bits per heavy atom. The maximum absolute atomic E-state index is 6.28. The lowest BCUT2D eigenvalue weighted by molar-refractivity contribution is 0.110. The van der Waals surface area contributed by atoms with Crippen LogP contribution in [-0.2, 0) is 5.41 Å². The summed E-state index contributed by atoms with van der Waals surface area (Å²) < 4.78 is 12.0. The van der Waals surface area contributed by atoms with Crippen molar-refractivity contribution in [1.82, 2.24) is 4.90 Å². The minimum atomic E-state index is 0.0947. The molecule has 4 nitrogen and oxygen atoms in total. The fourth-order valence-electron chi connectivity index (χ4n) is 3.71. The molecule has 2 aliphatic rings. The Labute approximate surface area is 133 Å². The highest BCUT2D eigenvalue weighted by molar-refractivity contribution is 5.51. The highest BCUT2D eigenvalue weighted by Gasteiger charge is 2.40. The lowest BCUT2D eigenvalue weighted by atomic mass is 9.64. The first-order valence-corrected chi connectivity index (χ1v) is 8.41. The van der Waals surface area contributed by atoms with Crippen molar-refractivity contribution in [3.8, 4) is 11.5 Å². The summed E-state index contributed by atoms with van der Waals surface area (Å²) in [5.74, 6) is 1.78. The van der Waals surface area contributed by atoms with Gasteiger partial charge in [-0.1, -0.05) is 18.6 Å². The van der Waals surface area contributed by atoms with Crippen LogP contribution in [0.25, 0.3) is 0 Å². The first-order valence-electron chi connectivity index (χ1n) is 8.41. The predicted octanol–water partition coefficient (Wildman–Crippen LogP) is 2.55. The monoisotopic (exact) mass is 304 g/mol. The van der Waals surface area contributed by atoms with Gasteiger partial charge in [-0.25, -0.2) is 0 Å². The van der Waals surface area contributed by atoms with E-state index in [1.807, 2.05) is 6.07 Å². The Morgan fingerprint density at radius 3 is 2.55 bits per heavy atom. The van der Waals surface area contributed by atoms with Crippen LogP contribution in [-0.4, -0.2) is 44.8 Å². The molecule has 1 aliphatic heterocycles. The number of ether oxygens (including phenoxy) is 2. The summed E-state index contributed by atoms with van der Waals surface area (Å²) >= 11 is 0. The third-order valence-electron chi connectivity index (χ3n) is 5.42. The van der Waals surface area contributed by atoms with Gasteiger partial charge < -0.3 is 20.1 Å². The molecule has 122 valence electrons. The van der Waals surface area contributed by atoms with Crippen LogP contribution in [0.3, 0.4) is 0 Å². The largest absolute Gasteiger partial charge is 0.493 e. The molecule has 0 radical (unpaired) electrons. The summed E-state index contributed by atoms with van der Waals surface area (Å²) in [6, 6.07) is 6.27. The number of methoxy groups -OCH3 is 1. The minimum Gasteiger partial charge on any atom is -0.493 e. The molecule has 0 atom stereocenters. The second-order valence-electron chi connectivity index (χ2n) is 6.80. The van der Waals surface area contributed by atoms with E-state index in [0.717, 1.165) is 50.3 Å². The predicted molar refractivity (Wildman–Crippen MR) is 88.7 cm³/mol. The summed E-state index contributed by atoms with van der Waals surface area (Å²) in [6.45, 7) is 2.87. The molecule has 1 aromatic rings. The number of nitrogens with zero attached hydrogens (tertiary/aromatic N) is 1. The van der Waals surface area contributed by atoms with Gasteiger partial charge in [0.15, 0.2) is 11.5 Å². The van der Waals surface area contributed by atoms with Crippen molar-refractivity contribution in [2.45, 2.75) is 43.6 Å². The second-order valence-corrected chi connectivity index (χ2v) is 6.80. The van der Waals surface area contributed by atoms with E-state index in [1.54, 1.807) is 7.11 Å². The Hall–Kier alpha value is -1.26. The molecule has 0 aromatic heterocycles. The van der Waals surface area contributed by atoms with E-state index in [0.29, 0.717) is 6.54 Å². The number of rotatable bonds is 5. The quantitative estimate of drug-likeness (QED) is 0.908. The van der Waals surface area contributed by atoms with Crippen LogP contribution in [0, 0.1) is 0 Å². The average molecular weight is 304 g/mol. The fraction of sp³-hybridized carbons (Fsp3) is 0.667. The van der Waals surface area contributed by atoms with E-state index in [9.17, 15) is 0 Å². The second kappa shape index (κ2) is 6.47. The van der Waals surface area contributed by atoms with Crippen molar-refractivity contribution < 1.29 is 9.47 Å². The van der Waals surface area contributed by atoms with Crippen LogP contribution < -0.4 is 15.2 Å². The van der Waals surface area contributed by atoms with Gasteiger partial charge in [-0.15, -0.1) is 0 Å². The van der Waals surface area contributed by atoms with E-state index in [-0.39, 0.29) is 11.5 Å². The molecule has 0 bridgehead atoms. The number of benzene rings is 1. The number of hydrogen-bond acceptors (Lipinski definition) is 4. The first-order chi connectivity index (χ1) is 10.7. The topological polar surface area (TPSA) is 47.7 Å². The van der Waals surface area contributed by atoms with Crippen molar-refractivity contribution in [2.75, 3.05) is 33.8 Å². The fourth-order valence-corrected chi connectivity index (χ4v) is 3.71. The van der Waals surface area contributed by atoms with E-state index >= 15 is 0 Å². The third-order valence-corrected chi connectivity index (χ3v) is 5.42. The maximum atomic E-state index is 6.28. The molecule has 22 heavy (non-hydrogen) atoms. The molecule has 1 heterocycles. The Morgan fingerprint density at radius 1 is 1.27 bits per heavy atom. The van der Waals surface area contributed by atoms with Crippen LogP contribution >= 0.6 is 0 Å². The smallest absolute Gasteiger partial charge is 0.164 e. The van der Waals surface area contributed by atoms with Crippen LogP contribution in [0.5, 0.6) is 11.5 Å². The lowest BCUT2D eigenvalue weighted by Crippen LogP contribution is -2.42. The van der Waals surface area contributed by atoms with Gasteiger partial charge in [0, 0.05) is 30.6 Å². The van der Waals surface area contributed by atoms with Crippen molar-refractivity contribution >= 4 is 0 Å². The van der Waals surface area contributed by atoms with Gasteiger partial charge in [0.2, 0.25) is 0 Å². The zero-order chi connectivity index (χ0) is 15.6. The zero-order valence-electron chi connectivity index (χ0n) is 13.8. The third kappa shape index (κ3) is 2.82. The average Bonchev–Trinajstić information content (AvgIpc) is 2.49. The van der Waals surface area contributed by atoms with Crippen LogP contribution in [0.2, 0.25) is 0 Å². The molecule has 0 unspecified atom stereocenters. The molecular weight excluding hydrogens is 276 g/mol. The zero-order valence-corrected chi connectivity index (χ0v) is 13.8. The van der Waals surface area contributed by atoms with Crippen molar-refractivity contribution in [3.63, 3.8) is 0 Å². The molecular formula is C18H28N2O2. The van der Waals surface area contributed by atoms with Gasteiger partial charge in [-0.05, 0) is 38.8 Å². The molecule has 0 spiro atoms. The summed E-state index contributed by atoms with van der Waals surface area (Å²) in [4.78, 5) is 2.35. The van der Waals surface area contributed by atoms with E-state index in [1.165, 1.54) is 12.0 Å². The summed E-state index contributed by atoms with van der Waals surface area (Å²) in [5, 5.41) is 0. The standard InChI is InChI=1S/C18H28N2O2/c1-20-11-7-14(8-12-20)22-16-6-3-5-15(17(16)21-2)18(13-19)9-4-10-18/h3,5-6,14H,4,7-13,19H2,1-2H3. The molecule has 2 N–H and O–H groups in total. The number of nitrogens with two attached hydrogens (primary N) is 1. The molecule has 1 aromatic carbocycles. The molecule has 1 saturated heterocycles. The summed E-state index contributed by atoms with van der Waals surface area (Å²) in [7, 11) is 3.91. The molecule has 2 fully saturated rings. The van der Waals surface area contributed by atoms with Crippen LogP contribution in [0.15, 0.2) is 18.2 Å². The minimum absolute atomic E-state index is 0.0947. The molecule has 1 saturated carbocycles. The van der Waals surface area contributed by atoms with Gasteiger partial charge in [0.25, 0.3) is 0 Å². The summed E-state index contributed by atoms with van der Waals surface area (Å²) in [5.41, 5.74) is 7.40. The maximum Gasteiger partial charge on any atom is 0.164 e. The van der Waals surface area contributed by atoms with E-state index in [4.69, 9.17) is 15.2 Å². The Balaban J connectivity index is 1.82. The lowest BCUT2D eigenvalue weighted by Gasteiger charge is -2.42. The van der Waals surface area contributed by atoms with Gasteiger partial charge in [0.1, 0.15) is 6.10 Å². The molecule has 4 heteroatoms. The van der Waals surface area contributed by atoms with Gasteiger partial charge in [-0.3, -0.25) is 0 Å². The highest BCUT2D eigenvalue weighted by Crippen LogP contribution is 2.49. The SMILES string of the molecule is COc1c(OC2CCN(C)CC2)cccc1C1(CN)CCC1. The molecule has 3 rings (SSSR count).